The highest BCUT2D eigenvalue weighted by Gasteiger charge is 2.19. The number of halogens is 1. The minimum Gasteiger partial charge on any atom is -0.352 e. The molecule has 1 amide bonds. The van der Waals surface area contributed by atoms with Gasteiger partial charge in [-0.05, 0) is 24.8 Å². The molecule has 0 aliphatic carbocycles. The second-order valence-electron chi connectivity index (χ2n) is 4.75. The Morgan fingerprint density at radius 3 is 2.35 bits per heavy atom. The molecular formula is C14H20BrNO. The van der Waals surface area contributed by atoms with Gasteiger partial charge in [-0.3, -0.25) is 4.79 Å². The third-order valence-corrected chi connectivity index (χ3v) is 4.08. The van der Waals surface area contributed by atoms with Gasteiger partial charge in [-0.15, -0.1) is 0 Å². The number of rotatable bonds is 5. The average Bonchev–Trinajstić information content (AvgIpc) is 2.28. The van der Waals surface area contributed by atoms with Crippen molar-refractivity contribution >= 4 is 21.8 Å². The first-order chi connectivity index (χ1) is 8.00. The van der Waals surface area contributed by atoms with Crippen LogP contribution in [0.25, 0.3) is 0 Å². The van der Waals surface area contributed by atoms with Crippen molar-refractivity contribution in [1.29, 1.82) is 0 Å². The maximum absolute atomic E-state index is 11.8. The third-order valence-electron chi connectivity index (χ3n) is 2.61. The molecule has 0 saturated carbocycles. The van der Waals surface area contributed by atoms with Crippen molar-refractivity contribution in [1.82, 2.24) is 5.32 Å². The van der Waals surface area contributed by atoms with Crippen LogP contribution < -0.4 is 5.32 Å². The van der Waals surface area contributed by atoms with E-state index >= 15 is 0 Å². The molecule has 0 heterocycles. The molecule has 2 nitrogen and oxygen atoms in total. The Balaban J connectivity index is 2.45. The quantitative estimate of drug-likeness (QED) is 0.831. The molecule has 1 aromatic carbocycles. The van der Waals surface area contributed by atoms with Crippen molar-refractivity contribution in [2.24, 2.45) is 5.92 Å². The second kappa shape index (κ2) is 6.80. The van der Waals surface area contributed by atoms with Crippen molar-refractivity contribution in [3.8, 4) is 0 Å². The topological polar surface area (TPSA) is 29.1 Å². The summed E-state index contributed by atoms with van der Waals surface area (Å²) in [6.45, 7) is 6.09. The lowest BCUT2D eigenvalue weighted by atomic mass is 10.1. The predicted molar refractivity (Wildman–Crippen MR) is 75.3 cm³/mol. The van der Waals surface area contributed by atoms with Crippen LogP contribution in [-0.2, 0) is 11.2 Å². The van der Waals surface area contributed by atoms with Gasteiger partial charge in [0.25, 0.3) is 0 Å². The molecule has 3 heteroatoms. The first kappa shape index (κ1) is 14.2. The summed E-state index contributed by atoms with van der Waals surface area (Å²) in [5.74, 6) is 0.377. The van der Waals surface area contributed by atoms with Crippen LogP contribution in [0.4, 0.5) is 0 Å². The Labute approximate surface area is 112 Å². The van der Waals surface area contributed by atoms with E-state index in [4.69, 9.17) is 0 Å². The fraction of sp³-hybridized carbons (Fsp3) is 0.500. The van der Waals surface area contributed by atoms with E-state index in [-0.39, 0.29) is 16.8 Å². The fourth-order valence-electron chi connectivity index (χ4n) is 1.64. The van der Waals surface area contributed by atoms with Crippen molar-refractivity contribution in [2.75, 3.05) is 0 Å². The van der Waals surface area contributed by atoms with E-state index in [0.717, 1.165) is 6.42 Å². The van der Waals surface area contributed by atoms with Crippen LogP contribution in [0.2, 0.25) is 0 Å². The monoisotopic (exact) mass is 297 g/mol. The lowest BCUT2D eigenvalue weighted by Crippen LogP contribution is -2.40. The van der Waals surface area contributed by atoms with E-state index in [1.165, 1.54) is 5.56 Å². The Hall–Kier alpha value is -0.830. The van der Waals surface area contributed by atoms with Gasteiger partial charge in [-0.1, -0.05) is 60.1 Å². The third kappa shape index (κ3) is 4.90. The molecule has 0 bridgehead atoms. The van der Waals surface area contributed by atoms with E-state index in [1.54, 1.807) is 0 Å². The molecule has 1 rings (SSSR count). The normalized spacial score (nSPS) is 14.4. The van der Waals surface area contributed by atoms with Gasteiger partial charge in [0.2, 0.25) is 5.91 Å². The summed E-state index contributed by atoms with van der Waals surface area (Å²) in [5, 5.41) is 3.02. The number of alkyl halides is 1. The Bertz CT molecular complexity index is 350. The first-order valence-corrected chi connectivity index (χ1v) is 6.90. The summed E-state index contributed by atoms with van der Waals surface area (Å²) in [6.07, 6.45) is 0.865. The van der Waals surface area contributed by atoms with Gasteiger partial charge in [0.1, 0.15) is 0 Å². The Kier molecular flexibility index (Phi) is 5.69. The molecule has 94 valence electrons. The highest BCUT2D eigenvalue weighted by Crippen LogP contribution is 2.12. The Morgan fingerprint density at radius 2 is 1.82 bits per heavy atom. The lowest BCUT2D eigenvalue weighted by molar-refractivity contribution is -0.121. The number of carbonyl (C=O) groups excluding carboxylic acids is 1. The SMILES string of the molecule is CC(Cc1ccccc1)NC(=O)C(Br)C(C)C. The second-order valence-corrected chi connectivity index (χ2v) is 5.73. The summed E-state index contributed by atoms with van der Waals surface area (Å²) in [7, 11) is 0. The number of nitrogens with one attached hydrogen (secondary N) is 1. The largest absolute Gasteiger partial charge is 0.352 e. The van der Waals surface area contributed by atoms with Gasteiger partial charge in [-0.25, -0.2) is 0 Å². The van der Waals surface area contributed by atoms with Gasteiger partial charge in [-0.2, -0.15) is 0 Å². The van der Waals surface area contributed by atoms with Crippen molar-refractivity contribution in [2.45, 2.75) is 38.1 Å². The molecule has 2 atom stereocenters. The lowest BCUT2D eigenvalue weighted by Gasteiger charge is -2.18. The molecular weight excluding hydrogens is 278 g/mol. The molecule has 0 aliphatic rings. The van der Waals surface area contributed by atoms with Crippen LogP contribution in [-0.4, -0.2) is 16.8 Å². The molecule has 0 radical (unpaired) electrons. The smallest absolute Gasteiger partial charge is 0.234 e. The zero-order chi connectivity index (χ0) is 12.8. The average molecular weight is 298 g/mol. The van der Waals surface area contributed by atoms with E-state index in [0.29, 0.717) is 5.92 Å². The molecule has 0 saturated heterocycles. The van der Waals surface area contributed by atoms with E-state index in [1.807, 2.05) is 39.0 Å². The van der Waals surface area contributed by atoms with Crippen molar-refractivity contribution in [3.63, 3.8) is 0 Å². The van der Waals surface area contributed by atoms with E-state index < -0.39 is 0 Å². The van der Waals surface area contributed by atoms with Crippen LogP contribution in [0.15, 0.2) is 30.3 Å². The number of hydrogen-bond acceptors (Lipinski definition) is 1. The fourth-order valence-corrected chi connectivity index (χ4v) is 1.78. The summed E-state index contributed by atoms with van der Waals surface area (Å²) in [4.78, 5) is 11.7. The Morgan fingerprint density at radius 1 is 1.24 bits per heavy atom. The zero-order valence-corrected chi connectivity index (χ0v) is 12.2. The molecule has 2 unspecified atom stereocenters. The van der Waals surface area contributed by atoms with Crippen LogP contribution in [0, 0.1) is 5.92 Å². The number of benzene rings is 1. The molecule has 1 N–H and O–H groups in total. The standard InChI is InChI=1S/C14H20BrNO/c1-10(2)13(15)14(17)16-11(3)9-12-7-5-4-6-8-12/h4-8,10-11,13H,9H2,1-3H3,(H,16,17). The number of carbonyl (C=O) groups is 1. The van der Waals surface area contributed by atoms with Crippen molar-refractivity contribution in [3.05, 3.63) is 35.9 Å². The van der Waals surface area contributed by atoms with E-state index in [2.05, 4.69) is 33.4 Å². The van der Waals surface area contributed by atoms with Crippen LogP contribution in [0.3, 0.4) is 0 Å². The summed E-state index contributed by atoms with van der Waals surface area (Å²) >= 11 is 3.41. The van der Waals surface area contributed by atoms with Crippen LogP contribution >= 0.6 is 15.9 Å². The van der Waals surface area contributed by atoms with Gasteiger partial charge < -0.3 is 5.32 Å². The zero-order valence-electron chi connectivity index (χ0n) is 10.6. The first-order valence-electron chi connectivity index (χ1n) is 5.99. The van der Waals surface area contributed by atoms with Gasteiger partial charge >= 0.3 is 0 Å². The maximum atomic E-state index is 11.8. The molecule has 0 aromatic heterocycles. The highest BCUT2D eigenvalue weighted by molar-refractivity contribution is 9.10. The molecule has 0 fully saturated rings. The summed E-state index contributed by atoms with van der Waals surface area (Å²) in [5.41, 5.74) is 1.25. The van der Waals surface area contributed by atoms with Crippen LogP contribution in [0.5, 0.6) is 0 Å². The minimum absolute atomic E-state index is 0.0726. The highest BCUT2D eigenvalue weighted by atomic mass is 79.9. The number of hydrogen-bond donors (Lipinski definition) is 1. The predicted octanol–water partition coefficient (Wildman–Crippen LogP) is 3.15. The van der Waals surface area contributed by atoms with Gasteiger partial charge in [0.05, 0.1) is 4.83 Å². The van der Waals surface area contributed by atoms with Gasteiger partial charge in [0, 0.05) is 6.04 Å². The van der Waals surface area contributed by atoms with Crippen LogP contribution in [0.1, 0.15) is 26.3 Å². The van der Waals surface area contributed by atoms with E-state index in [9.17, 15) is 4.79 Å². The van der Waals surface area contributed by atoms with Crippen molar-refractivity contribution < 1.29 is 4.79 Å². The minimum atomic E-state index is -0.110. The van der Waals surface area contributed by atoms with Gasteiger partial charge in [0.15, 0.2) is 0 Å². The summed E-state index contributed by atoms with van der Waals surface area (Å²) < 4.78 is 0. The molecule has 17 heavy (non-hydrogen) atoms. The summed E-state index contributed by atoms with van der Waals surface area (Å²) in [6, 6.07) is 10.4. The molecule has 1 aromatic rings. The maximum Gasteiger partial charge on any atom is 0.234 e. The number of amides is 1. The molecule has 0 spiro atoms. The molecule has 0 aliphatic heterocycles.